The van der Waals surface area contributed by atoms with E-state index < -0.39 is 17.5 Å². The SMILES string of the molecule is O=C(CSC1=Nc2cccnc2Nc2ccccc21)Nc1ccc(F)cc1F. The number of nitrogens with zero attached hydrogens (tertiary/aromatic N) is 2. The van der Waals surface area contributed by atoms with Crippen LogP contribution in [0.3, 0.4) is 0 Å². The largest absolute Gasteiger partial charge is 0.338 e. The first-order chi connectivity index (χ1) is 13.6. The van der Waals surface area contributed by atoms with E-state index in [2.05, 4.69) is 20.6 Å². The highest BCUT2D eigenvalue weighted by Gasteiger charge is 2.18. The molecule has 4 rings (SSSR count). The van der Waals surface area contributed by atoms with Crippen LogP contribution in [-0.2, 0) is 4.79 Å². The van der Waals surface area contributed by atoms with Crippen LogP contribution in [0.25, 0.3) is 0 Å². The summed E-state index contributed by atoms with van der Waals surface area (Å²) in [5.74, 6) is -1.30. The third-order valence-electron chi connectivity index (χ3n) is 3.96. The summed E-state index contributed by atoms with van der Waals surface area (Å²) in [6.45, 7) is 0. The number of carbonyl (C=O) groups excluding carboxylic acids is 1. The lowest BCUT2D eigenvalue weighted by Crippen LogP contribution is -2.16. The molecule has 1 aliphatic rings. The van der Waals surface area contributed by atoms with Gasteiger partial charge in [0.15, 0.2) is 5.82 Å². The molecule has 1 aromatic heterocycles. The molecule has 0 bridgehead atoms. The molecule has 0 saturated carbocycles. The maximum absolute atomic E-state index is 13.7. The Morgan fingerprint density at radius 3 is 2.82 bits per heavy atom. The number of fused-ring (bicyclic) bond motifs is 2. The quantitative estimate of drug-likeness (QED) is 0.663. The molecule has 0 spiro atoms. The summed E-state index contributed by atoms with van der Waals surface area (Å²) in [5, 5.41) is 6.34. The van der Waals surface area contributed by atoms with Gasteiger partial charge in [0, 0.05) is 23.5 Å². The van der Waals surface area contributed by atoms with E-state index in [9.17, 15) is 13.6 Å². The Labute approximate surface area is 163 Å². The Balaban J connectivity index is 1.55. The molecule has 5 nitrogen and oxygen atoms in total. The standard InChI is InChI=1S/C20H14F2N4OS/c21-12-7-8-16(14(22)10-12)24-18(27)11-28-20-13-4-1-2-5-15(13)25-19-17(26-20)6-3-9-23-19/h1-10H,11H2,(H,23,25)(H,24,27). The van der Waals surface area contributed by atoms with E-state index in [1.54, 1.807) is 12.3 Å². The van der Waals surface area contributed by atoms with E-state index >= 15 is 0 Å². The minimum Gasteiger partial charge on any atom is -0.338 e. The average molecular weight is 396 g/mol. The van der Waals surface area contributed by atoms with E-state index in [1.165, 1.54) is 17.8 Å². The lowest BCUT2D eigenvalue weighted by molar-refractivity contribution is -0.113. The van der Waals surface area contributed by atoms with Crippen molar-refractivity contribution in [1.29, 1.82) is 0 Å². The number of para-hydroxylation sites is 1. The van der Waals surface area contributed by atoms with Crippen molar-refractivity contribution in [2.24, 2.45) is 4.99 Å². The summed E-state index contributed by atoms with van der Waals surface area (Å²) < 4.78 is 26.7. The molecule has 2 heterocycles. The molecule has 1 amide bonds. The van der Waals surface area contributed by atoms with Crippen molar-refractivity contribution in [3.63, 3.8) is 0 Å². The van der Waals surface area contributed by atoms with Crippen LogP contribution in [-0.4, -0.2) is 21.7 Å². The van der Waals surface area contributed by atoms with Gasteiger partial charge < -0.3 is 10.6 Å². The van der Waals surface area contributed by atoms with Gasteiger partial charge in [-0.05, 0) is 30.3 Å². The number of rotatable bonds is 3. The van der Waals surface area contributed by atoms with E-state index in [0.29, 0.717) is 16.5 Å². The number of aliphatic imine (C=N–C) groups is 1. The lowest BCUT2D eigenvalue weighted by atomic mass is 10.2. The highest BCUT2D eigenvalue weighted by molar-refractivity contribution is 8.15. The average Bonchev–Trinajstić information content (AvgIpc) is 2.85. The van der Waals surface area contributed by atoms with E-state index in [4.69, 9.17) is 0 Å². The monoisotopic (exact) mass is 396 g/mol. The Hall–Kier alpha value is -3.26. The van der Waals surface area contributed by atoms with E-state index in [-0.39, 0.29) is 11.4 Å². The molecule has 0 radical (unpaired) electrons. The van der Waals surface area contributed by atoms with Crippen LogP contribution in [0.2, 0.25) is 0 Å². The molecule has 2 aromatic carbocycles. The van der Waals surface area contributed by atoms with Gasteiger partial charge in [-0.15, -0.1) is 0 Å². The van der Waals surface area contributed by atoms with Gasteiger partial charge >= 0.3 is 0 Å². The normalized spacial score (nSPS) is 12.1. The highest BCUT2D eigenvalue weighted by Crippen LogP contribution is 2.34. The summed E-state index contributed by atoms with van der Waals surface area (Å²) in [6.07, 6.45) is 1.67. The third-order valence-corrected chi connectivity index (χ3v) is 4.96. The van der Waals surface area contributed by atoms with Crippen molar-refractivity contribution < 1.29 is 13.6 Å². The van der Waals surface area contributed by atoms with Crippen LogP contribution >= 0.6 is 11.8 Å². The topological polar surface area (TPSA) is 66.4 Å². The van der Waals surface area contributed by atoms with Crippen LogP contribution in [0.5, 0.6) is 0 Å². The zero-order valence-corrected chi connectivity index (χ0v) is 15.3. The number of pyridine rings is 1. The van der Waals surface area contributed by atoms with Crippen LogP contribution in [0, 0.1) is 11.6 Å². The Kier molecular flexibility index (Phi) is 5.03. The van der Waals surface area contributed by atoms with Gasteiger partial charge in [0.25, 0.3) is 0 Å². The number of thioether (sulfide) groups is 1. The molecule has 28 heavy (non-hydrogen) atoms. The number of hydrogen-bond acceptors (Lipinski definition) is 5. The molecule has 3 aromatic rings. The van der Waals surface area contributed by atoms with Gasteiger partial charge in [0.05, 0.1) is 11.4 Å². The predicted octanol–water partition coefficient (Wildman–Crippen LogP) is 4.87. The number of carbonyl (C=O) groups is 1. The second kappa shape index (κ2) is 7.77. The molecule has 0 unspecified atom stereocenters. The third kappa shape index (κ3) is 3.86. The van der Waals surface area contributed by atoms with Gasteiger partial charge in [-0.25, -0.2) is 18.8 Å². The second-order valence-electron chi connectivity index (χ2n) is 5.92. The summed E-state index contributed by atoms with van der Waals surface area (Å²) in [5.41, 5.74) is 2.26. The number of nitrogens with one attached hydrogen (secondary N) is 2. The van der Waals surface area contributed by atoms with Crippen LogP contribution in [0.4, 0.5) is 31.7 Å². The van der Waals surface area contributed by atoms with Crippen LogP contribution in [0.15, 0.2) is 65.8 Å². The Morgan fingerprint density at radius 1 is 1.11 bits per heavy atom. The minimum atomic E-state index is -0.820. The van der Waals surface area contributed by atoms with Gasteiger partial charge in [0.1, 0.15) is 22.4 Å². The molecular formula is C20H14F2N4OS. The number of aromatic nitrogens is 1. The number of halogens is 2. The first-order valence-electron chi connectivity index (χ1n) is 8.38. The number of anilines is 3. The van der Waals surface area contributed by atoms with E-state index in [1.807, 2.05) is 30.3 Å². The molecule has 0 fully saturated rings. The van der Waals surface area contributed by atoms with Gasteiger partial charge in [-0.3, -0.25) is 4.79 Å². The van der Waals surface area contributed by atoms with Gasteiger partial charge in [-0.2, -0.15) is 0 Å². The first-order valence-corrected chi connectivity index (χ1v) is 9.36. The Morgan fingerprint density at radius 2 is 1.96 bits per heavy atom. The fourth-order valence-corrected chi connectivity index (χ4v) is 3.52. The predicted molar refractivity (Wildman–Crippen MR) is 108 cm³/mol. The fourth-order valence-electron chi connectivity index (χ4n) is 2.68. The van der Waals surface area contributed by atoms with Crippen LogP contribution in [0.1, 0.15) is 5.56 Å². The molecule has 0 saturated heterocycles. The molecule has 0 aliphatic carbocycles. The van der Waals surface area contributed by atoms with Gasteiger partial charge in [0.2, 0.25) is 5.91 Å². The smallest absolute Gasteiger partial charge is 0.234 e. The van der Waals surface area contributed by atoms with Crippen molar-refractivity contribution in [3.8, 4) is 0 Å². The van der Waals surface area contributed by atoms with Crippen LogP contribution < -0.4 is 10.6 Å². The fraction of sp³-hybridized carbons (Fsp3) is 0.0500. The zero-order chi connectivity index (χ0) is 19.5. The highest BCUT2D eigenvalue weighted by atomic mass is 32.2. The summed E-state index contributed by atoms with van der Waals surface area (Å²) >= 11 is 1.23. The van der Waals surface area contributed by atoms with Crippen molar-refractivity contribution in [3.05, 3.63) is 78.0 Å². The van der Waals surface area contributed by atoms with Crippen molar-refractivity contribution in [1.82, 2.24) is 4.98 Å². The second-order valence-corrected chi connectivity index (χ2v) is 6.88. The van der Waals surface area contributed by atoms with Crippen molar-refractivity contribution >= 4 is 45.6 Å². The van der Waals surface area contributed by atoms with Gasteiger partial charge in [-0.1, -0.05) is 30.0 Å². The molecule has 1 aliphatic heterocycles. The molecule has 8 heteroatoms. The first kappa shape index (κ1) is 18.1. The molecule has 2 N–H and O–H groups in total. The van der Waals surface area contributed by atoms with Crippen molar-refractivity contribution in [2.45, 2.75) is 0 Å². The lowest BCUT2D eigenvalue weighted by Gasteiger charge is -2.10. The Bertz CT molecular complexity index is 1090. The molecule has 0 atom stereocenters. The maximum Gasteiger partial charge on any atom is 0.234 e. The maximum atomic E-state index is 13.7. The number of amides is 1. The zero-order valence-electron chi connectivity index (χ0n) is 14.4. The molecular weight excluding hydrogens is 382 g/mol. The minimum absolute atomic E-state index is 0.0135. The summed E-state index contributed by atoms with van der Waals surface area (Å²) in [7, 11) is 0. The number of benzene rings is 2. The van der Waals surface area contributed by atoms with Crippen molar-refractivity contribution in [2.75, 3.05) is 16.4 Å². The summed E-state index contributed by atoms with van der Waals surface area (Å²) in [6, 6.07) is 14.2. The molecule has 140 valence electrons. The van der Waals surface area contributed by atoms with E-state index in [0.717, 1.165) is 23.4 Å². The summed E-state index contributed by atoms with van der Waals surface area (Å²) in [4.78, 5) is 21.2. The number of hydrogen-bond donors (Lipinski definition) is 2.